The second-order valence-electron chi connectivity index (χ2n) is 29.1. The molecule has 0 amide bonds. The first-order chi connectivity index (χ1) is 55.5. The Hall–Kier alpha value is -9.51. The van der Waals surface area contributed by atoms with Crippen LogP contribution in [0.4, 0.5) is 57.9 Å². The molecule has 0 radical (unpaired) electrons. The average Bonchev–Trinajstić information content (AvgIpc) is 1.61. The molecule has 4 fully saturated rings. The number of anilines is 4. The Kier molecular flexibility index (Phi) is 26.3. The second kappa shape index (κ2) is 36.2. The lowest BCUT2D eigenvalue weighted by atomic mass is 10.0. The normalized spacial score (nSPS) is 15.9. The van der Waals surface area contributed by atoms with Crippen LogP contribution < -0.4 is 42.5 Å². The number of halogens is 9. The van der Waals surface area contributed by atoms with Gasteiger partial charge >= 0.3 is 0 Å². The van der Waals surface area contributed by atoms with Gasteiger partial charge in [0.25, 0.3) is 65.8 Å². The zero-order valence-corrected chi connectivity index (χ0v) is 67.5. The predicted molar refractivity (Wildman–Crippen MR) is 441 cm³/mol. The highest BCUT2D eigenvalue weighted by atomic mass is 35.5. The van der Waals surface area contributed by atoms with Crippen LogP contribution in [0.25, 0.3) is 43.6 Å². The summed E-state index contributed by atoms with van der Waals surface area (Å²) < 4.78 is 221. The van der Waals surface area contributed by atoms with E-state index >= 15 is 0 Å². The molecule has 4 saturated heterocycles. The lowest BCUT2D eigenvalue weighted by molar-refractivity contribution is 0.152. The standard InChI is InChI=1S/3C21H23F2N3O2S.C20H20ClF2N3O2S/c3*1-14-4-2-5-16(12-14)29(27,28)26-13-17(21(22)23)20-18(6-3-7-19(20)26)25-15-8-10-24-11-9-15;21-15-4-1-2-7-18(15)29(27,28)26-12-14(20(22)23)19-16(5-3-6-17(19)26)25-13-8-10-24-11-9-13/h3*2-7,12-13,15,21,24-25H,8-11H2,1H3;1-7,12-13,20,24-25H,8-11H2. The van der Waals surface area contributed by atoms with Crippen LogP contribution in [0, 0.1) is 20.8 Å². The van der Waals surface area contributed by atoms with E-state index in [4.69, 9.17) is 11.6 Å². The molecular formula is C83H89ClF8N12O8S4. The summed E-state index contributed by atoms with van der Waals surface area (Å²) in [7, 11) is -16.2. The fourth-order valence-corrected chi connectivity index (χ4v) is 21.6. The lowest BCUT2D eigenvalue weighted by Gasteiger charge is -2.25. The highest BCUT2D eigenvalue weighted by Crippen LogP contribution is 2.43. The molecule has 116 heavy (non-hydrogen) atoms. The molecule has 4 aliphatic rings. The van der Waals surface area contributed by atoms with Gasteiger partial charge in [-0.25, -0.2) is 84.7 Å². The Labute approximate surface area is 673 Å². The molecule has 0 aliphatic carbocycles. The van der Waals surface area contributed by atoms with Crippen molar-refractivity contribution in [1.82, 2.24) is 37.2 Å². The van der Waals surface area contributed by atoms with E-state index < -0.39 is 65.8 Å². The van der Waals surface area contributed by atoms with Gasteiger partial charge in [0.15, 0.2) is 0 Å². The molecule has 16 rings (SSSR count). The number of rotatable bonds is 20. The Morgan fingerprint density at radius 1 is 0.319 bits per heavy atom. The number of hydrogen-bond acceptors (Lipinski definition) is 16. The van der Waals surface area contributed by atoms with Gasteiger partial charge in [-0.05, 0) is 238 Å². The molecule has 0 bridgehead atoms. The Bertz CT molecular complexity index is 5570. The summed E-state index contributed by atoms with van der Waals surface area (Å²) >= 11 is 6.08. The van der Waals surface area contributed by atoms with Crippen LogP contribution >= 0.6 is 11.6 Å². The zero-order valence-electron chi connectivity index (χ0n) is 63.5. The summed E-state index contributed by atoms with van der Waals surface area (Å²) in [5.41, 5.74) is 4.26. The van der Waals surface area contributed by atoms with Gasteiger partial charge in [0.2, 0.25) is 0 Å². The summed E-state index contributed by atoms with van der Waals surface area (Å²) in [5, 5.41) is 27.5. The highest BCUT2D eigenvalue weighted by Gasteiger charge is 2.33. The van der Waals surface area contributed by atoms with Gasteiger partial charge in [0.05, 0.1) is 41.8 Å². The Morgan fingerprint density at radius 3 is 0.784 bits per heavy atom. The summed E-state index contributed by atoms with van der Waals surface area (Å²) in [6, 6.07) is 45.9. The molecule has 8 heterocycles. The van der Waals surface area contributed by atoms with E-state index in [0.717, 1.165) is 161 Å². The van der Waals surface area contributed by atoms with Crippen LogP contribution in [0.15, 0.2) is 214 Å². The van der Waals surface area contributed by atoms with Crippen LogP contribution in [0.5, 0.6) is 0 Å². The molecular weight excluding hydrogens is 1610 g/mol. The van der Waals surface area contributed by atoms with Gasteiger partial charge in [-0.15, -0.1) is 0 Å². The number of piperidine rings is 4. The largest absolute Gasteiger partial charge is 0.382 e. The minimum absolute atomic E-state index is 0.0388. The maximum Gasteiger partial charge on any atom is 0.269 e. The molecule has 12 aromatic rings. The number of nitrogens with one attached hydrogen (secondary N) is 8. The quantitative estimate of drug-likeness (QED) is 0.0330. The van der Waals surface area contributed by atoms with Crippen molar-refractivity contribution in [1.29, 1.82) is 0 Å². The van der Waals surface area contributed by atoms with Gasteiger partial charge in [-0.2, -0.15) is 0 Å². The van der Waals surface area contributed by atoms with Crippen molar-refractivity contribution < 1.29 is 68.8 Å². The van der Waals surface area contributed by atoms with Crippen molar-refractivity contribution in [3.63, 3.8) is 0 Å². The molecule has 0 spiro atoms. The molecule has 4 aliphatic heterocycles. The first-order valence-corrected chi connectivity index (χ1v) is 44.2. The van der Waals surface area contributed by atoms with E-state index in [2.05, 4.69) is 42.5 Å². The molecule has 33 heteroatoms. The number of alkyl halides is 8. The first-order valence-electron chi connectivity index (χ1n) is 38.1. The maximum absolute atomic E-state index is 13.9. The van der Waals surface area contributed by atoms with Crippen molar-refractivity contribution in [3.8, 4) is 0 Å². The SMILES string of the molecule is Cc1cccc(S(=O)(=O)n2cc(C(F)F)c3c(NC4CCNCC4)cccc32)c1.Cc1cccc(S(=O)(=O)n2cc(C(F)F)c3c(NC4CCNCC4)cccc32)c1.Cc1cccc(S(=O)(=O)n2cc(C(F)F)c3c(NC4CCNCC4)cccc32)c1.O=S(=O)(c1ccccc1Cl)n1cc(C(F)F)c2c(NC3CCNCC3)cccc21. The third-order valence-corrected chi connectivity index (χ3v) is 28.2. The molecule has 20 nitrogen and oxygen atoms in total. The number of fused-ring (bicyclic) bond motifs is 4. The molecule has 0 saturated carbocycles. The first kappa shape index (κ1) is 84.4. The monoisotopic (exact) mass is 1700 g/mol. The van der Waals surface area contributed by atoms with Gasteiger partial charge in [0.1, 0.15) is 4.90 Å². The van der Waals surface area contributed by atoms with E-state index in [-0.39, 0.29) is 115 Å². The summed E-state index contributed by atoms with van der Waals surface area (Å²) in [5.74, 6) is 0. The smallest absolute Gasteiger partial charge is 0.269 e. The predicted octanol–water partition coefficient (Wildman–Crippen LogP) is 17.5. The van der Waals surface area contributed by atoms with E-state index in [1.807, 2.05) is 0 Å². The lowest BCUT2D eigenvalue weighted by Crippen LogP contribution is -2.35. The minimum Gasteiger partial charge on any atom is -0.382 e. The Balaban J connectivity index is 0.000000135. The number of hydrogen-bond donors (Lipinski definition) is 8. The third kappa shape index (κ3) is 18.3. The highest BCUT2D eigenvalue weighted by molar-refractivity contribution is 7.91. The number of nitrogens with zero attached hydrogens (tertiary/aromatic N) is 4. The van der Waals surface area contributed by atoms with Crippen molar-refractivity contribution in [2.45, 2.75) is 142 Å². The van der Waals surface area contributed by atoms with Crippen LogP contribution in [-0.2, 0) is 40.1 Å². The molecule has 0 unspecified atom stereocenters. The molecule has 8 N–H and O–H groups in total. The molecule has 4 aromatic heterocycles. The zero-order chi connectivity index (χ0) is 82.4. The Morgan fingerprint density at radius 2 is 0.552 bits per heavy atom. The van der Waals surface area contributed by atoms with Crippen molar-refractivity contribution in [2.24, 2.45) is 0 Å². The summed E-state index contributed by atoms with van der Waals surface area (Å²) in [4.78, 5) is 0.0990. The van der Waals surface area contributed by atoms with Crippen LogP contribution in [-0.4, -0.2) is 126 Å². The van der Waals surface area contributed by atoms with Crippen LogP contribution in [0.2, 0.25) is 5.02 Å². The molecule has 0 atom stereocenters. The fourth-order valence-electron chi connectivity index (χ4n) is 15.3. The van der Waals surface area contributed by atoms with Crippen LogP contribution in [0.3, 0.4) is 0 Å². The summed E-state index contributed by atoms with van der Waals surface area (Å²) in [6.45, 7) is 12.2. The van der Waals surface area contributed by atoms with Gasteiger partial charge in [0, 0.05) is 116 Å². The number of benzene rings is 8. The maximum atomic E-state index is 13.9. The number of aromatic nitrogens is 4. The van der Waals surface area contributed by atoms with E-state index in [0.29, 0.717) is 22.7 Å². The van der Waals surface area contributed by atoms with Crippen molar-refractivity contribution in [3.05, 3.63) is 239 Å². The van der Waals surface area contributed by atoms with Crippen molar-refractivity contribution >= 4 is 118 Å². The molecule has 616 valence electrons. The van der Waals surface area contributed by atoms with Crippen molar-refractivity contribution in [2.75, 3.05) is 73.6 Å². The third-order valence-electron chi connectivity index (χ3n) is 21.0. The van der Waals surface area contributed by atoms with E-state index in [1.165, 1.54) is 36.4 Å². The topological polar surface area (TPSA) is 253 Å². The van der Waals surface area contributed by atoms with Crippen LogP contribution in [0.1, 0.15) is 116 Å². The number of aryl methyl sites for hydroxylation is 3. The second-order valence-corrected chi connectivity index (χ2v) is 36.7. The van der Waals surface area contributed by atoms with Gasteiger partial charge in [-0.3, -0.25) is 0 Å². The summed E-state index contributed by atoms with van der Waals surface area (Å²) in [6.07, 6.45) is -0.0348. The minimum atomic E-state index is -4.15. The van der Waals surface area contributed by atoms with Gasteiger partial charge in [-0.1, -0.05) is 84.4 Å². The van der Waals surface area contributed by atoms with Gasteiger partial charge < -0.3 is 42.5 Å². The average molecular weight is 1700 g/mol. The van der Waals surface area contributed by atoms with E-state index in [1.54, 1.807) is 154 Å². The van der Waals surface area contributed by atoms with E-state index in [9.17, 15) is 68.8 Å². The fraction of sp³-hybridized carbons (Fsp3) is 0.325. The molecule has 8 aromatic carbocycles.